The van der Waals surface area contributed by atoms with Crippen LogP contribution in [0.3, 0.4) is 0 Å². The fraction of sp³-hybridized carbons (Fsp3) is 0.825. The molecule has 0 aromatic carbocycles. The monoisotopic (exact) mass is 964 g/mol. The van der Waals surface area contributed by atoms with Crippen molar-refractivity contribution < 1.29 is 37.6 Å². The SMILES string of the molecule is CC/C=C\C/C=C\C/C=C\C/C=C\CCCCCCCCCCCCCCCCCCCCCCCCCCCCC(=O)OC(COC(=O)CCCCCCCCC)COP(=O)(O)OCCN. The zero-order valence-electron chi connectivity index (χ0n) is 43.6. The van der Waals surface area contributed by atoms with Gasteiger partial charge in [-0.15, -0.1) is 0 Å². The number of phosphoric acid groups is 1. The van der Waals surface area contributed by atoms with Crippen LogP contribution in [-0.2, 0) is 32.7 Å². The molecule has 67 heavy (non-hydrogen) atoms. The molecule has 10 heteroatoms. The van der Waals surface area contributed by atoms with E-state index in [9.17, 15) is 19.0 Å². The van der Waals surface area contributed by atoms with Gasteiger partial charge in [0.25, 0.3) is 0 Å². The zero-order chi connectivity index (χ0) is 48.8. The van der Waals surface area contributed by atoms with Crippen LogP contribution in [0.5, 0.6) is 0 Å². The second-order valence-electron chi connectivity index (χ2n) is 18.8. The van der Waals surface area contributed by atoms with Crippen molar-refractivity contribution in [2.45, 2.75) is 277 Å². The lowest BCUT2D eigenvalue weighted by molar-refractivity contribution is -0.161. The van der Waals surface area contributed by atoms with Crippen molar-refractivity contribution in [2.24, 2.45) is 5.73 Å². The zero-order valence-corrected chi connectivity index (χ0v) is 44.5. The molecule has 0 aliphatic heterocycles. The van der Waals surface area contributed by atoms with Gasteiger partial charge in [0.15, 0.2) is 6.10 Å². The number of hydrogen-bond acceptors (Lipinski definition) is 8. The molecular formula is C57H106NO8P. The lowest BCUT2D eigenvalue weighted by Gasteiger charge is -2.19. The van der Waals surface area contributed by atoms with E-state index in [1.165, 1.54) is 180 Å². The van der Waals surface area contributed by atoms with E-state index in [1.807, 2.05) is 0 Å². The minimum atomic E-state index is -4.37. The van der Waals surface area contributed by atoms with Gasteiger partial charge < -0.3 is 20.1 Å². The largest absolute Gasteiger partial charge is 0.472 e. The summed E-state index contributed by atoms with van der Waals surface area (Å²) in [6.07, 6.45) is 65.2. The number of esters is 2. The summed E-state index contributed by atoms with van der Waals surface area (Å²) in [4.78, 5) is 34.8. The van der Waals surface area contributed by atoms with Gasteiger partial charge >= 0.3 is 19.8 Å². The van der Waals surface area contributed by atoms with Crippen LogP contribution >= 0.6 is 7.82 Å². The molecule has 3 N–H and O–H groups in total. The van der Waals surface area contributed by atoms with Crippen LogP contribution < -0.4 is 5.73 Å². The van der Waals surface area contributed by atoms with Crippen LogP contribution in [0.4, 0.5) is 0 Å². The van der Waals surface area contributed by atoms with Crippen LogP contribution in [0, 0.1) is 0 Å². The highest BCUT2D eigenvalue weighted by molar-refractivity contribution is 7.47. The summed E-state index contributed by atoms with van der Waals surface area (Å²) in [6.45, 7) is 3.60. The molecule has 0 radical (unpaired) electrons. The lowest BCUT2D eigenvalue weighted by Crippen LogP contribution is -2.29. The van der Waals surface area contributed by atoms with E-state index in [2.05, 4.69) is 62.5 Å². The van der Waals surface area contributed by atoms with Crippen LogP contribution in [-0.4, -0.2) is 49.3 Å². The standard InChI is InChI=1S/C57H106NO8P/c1-3-5-7-9-11-12-13-14-15-16-17-18-19-20-21-22-23-24-25-26-27-28-29-30-31-32-33-34-35-36-37-38-39-40-41-42-44-46-48-50-57(60)66-55(54-65-67(61,62)64-52-51-58)53-63-56(59)49-47-45-43-10-8-6-4-2/h5,7,11-12,14-15,17-18,55H,3-4,6,8-10,13,16,19-54,58H2,1-2H3,(H,61,62)/b7-5-,12-11-,15-14-,18-17-. The highest BCUT2D eigenvalue weighted by Crippen LogP contribution is 2.43. The van der Waals surface area contributed by atoms with Gasteiger partial charge in [0.1, 0.15) is 6.61 Å². The van der Waals surface area contributed by atoms with Gasteiger partial charge in [-0.05, 0) is 51.4 Å². The summed E-state index contributed by atoms with van der Waals surface area (Å²) >= 11 is 0. The predicted molar refractivity (Wildman–Crippen MR) is 284 cm³/mol. The second-order valence-corrected chi connectivity index (χ2v) is 20.2. The van der Waals surface area contributed by atoms with Crippen LogP contribution in [0.2, 0.25) is 0 Å². The first-order valence-electron chi connectivity index (χ1n) is 28.1. The first-order valence-corrected chi connectivity index (χ1v) is 29.6. The highest BCUT2D eigenvalue weighted by Gasteiger charge is 2.26. The van der Waals surface area contributed by atoms with Crippen molar-refractivity contribution in [1.29, 1.82) is 0 Å². The van der Waals surface area contributed by atoms with Crippen molar-refractivity contribution in [2.75, 3.05) is 26.4 Å². The van der Waals surface area contributed by atoms with Gasteiger partial charge in [0, 0.05) is 19.4 Å². The molecule has 0 saturated carbocycles. The summed E-state index contributed by atoms with van der Waals surface area (Å²) in [5, 5.41) is 0. The third-order valence-electron chi connectivity index (χ3n) is 12.2. The van der Waals surface area contributed by atoms with E-state index in [0.717, 1.165) is 57.8 Å². The predicted octanol–water partition coefficient (Wildman–Crippen LogP) is 17.4. The Hall–Kier alpha value is -2.03. The Bertz CT molecular complexity index is 1240. The number of ether oxygens (including phenoxy) is 2. The average Bonchev–Trinajstić information content (AvgIpc) is 3.32. The molecule has 2 atom stereocenters. The number of hydrogen-bond donors (Lipinski definition) is 2. The van der Waals surface area contributed by atoms with E-state index in [4.69, 9.17) is 24.3 Å². The number of phosphoric ester groups is 1. The van der Waals surface area contributed by atoms with E-state index >= 15 is 0 Å². The van der Waals surface area contributed by atoms with Crippen molar-refractivity contribution in [1.82, 2.24) is 0 Å². The van der Waals surface area contributed by atoms with Gasteiger partial charge in [-0.2, -0.15) is 0 Å². The third kappa shape index (κ3) is 53.2. The molecule has 0 heterocycles. The highest BCUT2D eigenvalue weighted by atomic mass is 31.2. The smallest absolute Gasteiger partial charge is 0.462 e. The summed E-state index contributed by atoms with van der Waals surface area (Å²) in [5.74, 6) is -0.823. The number of allylic oxidation sites excluding steroid dienone is 8. The molecular weight excluding hydrogens is 858 g/mol. The Labute approximate surface area is 413 Å². The van der Waals surface area contributed by atoms with Crippen molar-refractivity contribution in [3.05, 3.63) is 48.6 Å². The maximum absolute atomic E-state index is 12.6. The first-order chi connectivity index (χ1) is 32.8. The van der Waals surface area contributed by atoms with Gasteiger partial charge in [-0.1, -0.05) is 255 Å². The van der Waals surface area contributed by atoms with Crippen molar-refractivity contribution in [3.8, 4) is 0 Å². The van der Waals surface area contributed by atoms with Gasteiger partial charge in [0.05, 0.1) is 13.2 Å². The number of carbonyl (C=O) groups is 2. The molecule has 0 aromatic heterocycles. The summed E-state index contributed by atoms with van der Waals surface area (Å²) in [5.41, 5.74) is 5.35. The lowest BCUT2D eigenvalue weighted by atomic mass is 10.0. The third-order valence-corrected chi connectivity index (χ3v) is 13.2. The van der Waals surface area contributed by atoms with Crippen LogP contribution in [0.1, 0.15) is 271 Å². The van der Waals surface area contributed by atoms with Gasteiger partial charge in [-0.25, -0.2) is 4.57 Å². The van der Waals surface area contributed by atoms with E-state index in [0.29, 0.717) is 6.42 Å². The Balaban J connectivity index is 3.65. The van der Waals surface area contributed by atoms with E-state index in [1.54, 1.807) is 0 Å². The van der Waals surface area contributed by atoms with Crippen molar-refractivity contribution >= 4 is 19.8 Å². The summed E-state index contributed by atoms with van der Waals surface area (Å²) in [7, 11) is -4.37. The summed E-state index contributed by atoms with van der Waals surface area (Å²) < 4.78 is 32.7. The molecule has 0 aliphatic carbocycles. The van der Waals surface area contributed by atoms with E-state index in [-0.39, 0.29) is 38.6 Å². The average molecular weight is 964 g/mol. The van der Waals surface area contributed by atoms with Crippen molar-refractivity contribution in [3.63, 3.8) is 0 Å². The molecule has 0 bridgehead atoms. The molecule has 0 amide bonds. The molecule has 0 aliphatic rings. The molecule has 392 valence electrons. The second kappa shape index (κ2) is 53.3. The number of unbranched alkanes of at least 4 members (excludes halogenated alkanes) is 32. The Morgan fingerprint density at radius 2 is 0.821 bits per heavy atom. The van der Waals surface area contributed by atoms with E-state index < -0.39 is 26.5 Å². The Morgan fingerprint density at radius 3 is 1.22 bits per heavy atom. The van der Waals surface area contributed by atoms with Crippen LogP contribution in [0.15, 0.2) is 48.6 Å². The van der Waals surface area contributed by atoms with Gasteiger partial charge in [-0.3, -0.25) is 18.6 Å². The molecule has 9 nitrogen and oxygen atoms in total. The topological polar surface area (TPSA) is 134 Å². The molecule has 0 spiro atoms. The minimum absolute atomic E-state index is 0.0557. The molecule has 0 fully saturated rings. The number of nitrogens with two attached hydrogens (primary N) is 1. The number of carbonyl (C=O) groups excluding carboxylic acids is 2. The first kappa shape index (κ1) is 65.0. The number of rotatable bonds is 53. The Morgan fingerprint density at radius 1 is 0.463 bits per heavy atom. The van der Waals surface area contributed by atoms with Crippen LogP contribution in [0.25, 0.3) is 0 Å². The summed E-state index contributed by atoms with van der Waals surface area (Å²) in [6, 6.07) is 0. The maximum atomic E-state index is 12.6. The molecule has 0 saturated heterocycles. The molecule has 2 unspecified atom stereocenters. The molecule has 0 aromatic rings. The fourth-order valence-corrected chi connectivity index (χ4v) is 8.87. The Kier molecular flexibility index (Phi) is 51.7. The minimum Gasteiger partial charge on any atom is -0.462 e. The fourth-order valence-electron chi connectivity index (χ4n) is 8.10. The quantitative estimate of drug-likeness (QED) is 0.0264. The molecule has 0 rings (SSSR count). The normalized spacial score (nSPS) is 13.4. The van der Waals surface area contributed by atoms with Gasteiger partial charge in [0.2, 0.25) is 0 Å². The maximum Gasteiger partial charge on any atom is 0.472 e.